The van der Waals surface area contributed by atoms with E-state index in [9.17, 15) is 4.79 Å². The highest BCUT2D eigenvalue weighted by atomic mass is 35.5. The first-order valence-electron chi connectivity index (χ1n) is 5.75. The van der Waals surface area contributed by atoms with Crippen molar-refractivity contribution >= 4 is 29.3 Å². The second kappa shape index (κ2) is 7.22. The summed E-state index contributed by atoms with van der Waals surface area (Å²) in [6, 6.07) is 7.10. The summed E-state index contributed by atoms with van der Waals surface area (Å²) in [5.41, 5.74) is 0.723. The number of nitrogens with one attached hydrogen (secondary N) is 1. The molecule has 2 aromatic rings. The molecule has 0 spiro atoms. The van der Waals surface area contributed by atoms with E-state index in [0.717, 1.165) is 5.69 Å². The third-order valence-corrected chi connectivity index (χ3v) is 3.41. The zero-order valence-electron chi connectivity index (χ0n) is 10.4. The first-order valence-corrected chi connectivity index (χ1v) is 7.11. The number of hydrogen-bond acceptors (Lipinski definition) is 6. The minimum Gasteiger partial charge on any atom is -0.395 e. The van der Waals surface area contributed by atoms with Gasteiger partial charge >= 0.3 is 0 Å². The average Bonchev–Trinajstić information content (AvgIpc) is 2.91. The Labute approximate surface area is 124 Å². The molecule has 0 radical (unpaired) electrons. The van der Waals surface area contributed by atoms with Gasteiger partial charge in [-0.2, -0.15) is 4.68 Å². The lowest BCUT2D eigenvalue weighted by Gasteiger charge is -2.05. The number of thioether (sulfide) groups is 1. The van der Waals surface area contributed by atoms with E-state index >= 15 is 0 Å². The standard InChI is InChI=1S/C11H12ClN5O2S/c12-8-2-1-3-9(6-8)17-11(14-15-16-17)20-7-10(19)13-4-5-18/h1-3,6,18H,4-5,7H2,(H,13,19). The van der Waals surface area contributed by atoms with Crippen LogP contribution in [-0.2, 0) is 4.79 Å². The third-order valence-electron chi connectivity index (χ3n) is 2.26. The molecule has 1 heterocycles. The highest BCUT2D eigenvalue weighted by Crippen LogP contribution is 2.20. The van der Waals surface area contributed by atoms with E-state index < -0.39 is 0 Å². The number of nitrogens with zero attached hydrogens (tertiary/aromatic N) is 4. The van der Waals surface area contributed by atoms with Crippen LogP contribution >= 0.6 is 23.4 Å². The molecule has 7 nitrogen and oxygen atoms in total. The van der Waals surface area contributed by atoms with Crippen molar-refractivity contribution in [3.8, 4) is 5.69 Å². The first kappa shape index (κ1) is 14.8. The molecule has 0 unspecified atom stereocenters. The lowest BCUT2D eigenvalue weighted by Crippen LogP contribution is -2.28. The van der Waals surface area contributed by atoms with Crippen molar-refractivity contribution in [1.29, 1.82) is 0 Å². The van der Waals surface area contributed by atoms with Crippen molar-refractivity contribution in [3.05, 3.63) is 29.3 Å². The number of carbonyl (C=O) groups excluding carboxylic acids is 1. The van der Waals surface area contributed by atoms with E-state index in [4.69, 9.17) is 16.7 Å². The van der Waals surface area contributed by atoms with Crippen molar-refractivity contribution in [1.82, 2.24) is 25.5 Å². The number of rotatable bonds is 6. The fraction of sp³-hybridized carbons (Fsp3) is 0.273. The van der Waals surface area contributed by atoms with Crippen LogP contribution in [0, 0.1) is 0 Å². The number of benzene rings is 1. The van der Waals surface area contributed by atoms with Gasteiger partial charge in [0.1, 0.15) is 0 Å². The Morgan fingerprint density at radius 3 is 3.10 bits per heavy atom. The minimum absolute atomic E-state index is 0.0866. The van der Waals surface area contributed by atoms with Gasteiger partial charge in [0.2, 0.25) is 11.1 Å². The number of aliphatic hydroxyl groups excluding tert-OH is 1. The number of amides is 1. The minimum atomic E-state index is -0.190. The Balaban J connectivity index is 2.04. The number of aliphatic hydroxyl groups is 1. The van der Waals surface area contributed by atoms with E-state index in [1.807, 2.05) is 6.07 Å². The summed E-state index contributed by atoms with van der Waals surface area (Å²) < 4.78 is 1.51. The van der Waals surface area contributed by atoms with Crippen LogP contribution in [0.3, 0.4) is 0 Å². The summed E-state index contributed by atoms with van der Waals surface area (Å²) in [5, 5.41) is 23.6. The average molecular weight is 314 g/mol. The number of halogens is 1. The van der Waals surface area contributed by atoms with Gasteiger partial charge in [0.25, 0.3) is 0 Å². The normalized spacial score (nSPS) is 10.5. The van der Waals surface area contributed by atoms with Gasteiger partial charge in [0, 0.05) is 11.6 Å². The second-order valence-corrected chi connectivity index (χ2v) is 5.09. The fourth-order valence-electron chi connectivity index (χ4n) is 1.42. The molecule has 1 aromatic heterocycles. The highest BCUT2D eigenvalue weighted by Gasteiger charge is 2.11. The summed E-state index contributed by atoms with van der Waals surface area (Å²) >= 11 is 7.13. The predicted octanol–water partition coefficient (Wildman–Crippen LogP) is 0.516. The molecule has 0 saturated heterocycles. The SMILES string of the molecule is O=C(CSc1nnnn1-c1cccc(Cl)c1)NCCO. The van der Waals surface area contributed by atoms with Crippen LogP contribution < -0.4 is 5.32 Å². The Kier molecular flexibility index (Phi) is 5.33. The zero-order chi connectivity index (χ0) is 14.4. The van der Waals surface area contributed by atoms with Crippen LogP contribution in [0.25, 0.3) is 5.69 Å². The van der Waals surface area contributed by atoms with Gasteiger partial charge in [-0.25, -0.2) is 0 Å². The Bertz CT molecular complexity index is 592. The molecule has 1 amide bonds. The molecule has 9 heteroatoms. The molecular weight excluding hydrogens is 302 g/mol. The van der Waals surface area contributed by atoms with E-state index in [-0.39, 0.29) is 24.8 Å². The molecule has 0 aliphatic carbocycles. The van der Waals surface area contributed by atoms with E-state index in [0.29, 0.717) is 10.2 Å². The van der Waals surface area contributed by atoms with E-state index in [2.05, 4.69) is 20.8 Å². The Hall–Kier alpha value is -1.64. The predicted molar refractivity (Wildman–Crippen MR) is 75.0 cm³/mol. The number of carbonyl (C=O) groups is 1. The molecule has 106 valence electrons. The molecule has 0 aliphatic heterocycles. The molecule has 0 fully saturated rings. The topological polar surface area (TPSA) is 92.9 Å². The quantitative estimate of drug-likeness (QED) is 0.755. The van der Waals surface area contributed by atoms with Crippen molar-refractivity contribution in [2.75, 3.05) is 18.9 Å². The van der Waals surface area contributed by atoms with Crippen molar-refractivity contribution in [2.45, 2.75) is 5.16 Å². The maximum atomic E-state index is 11.5. The van der Waals surface area contributed by atoms with Gasteiger partial charge in [-0.3, -0.25) is 4.79 Å². The zero-order valence-corrected chi connectivity index (χ0v) is 11.9. The molecule has 0 bridgehead atoms. The lowest BCUT2D eigenvalue weighted by molar-refractivity contribution is -0.118. The van der Waals surface area contributed by atoms with Crippen LogP contribution in [-0.4, -0.2) is 50.1 Å². The van der Waals surface area contributed by atoms with Crippen LogP contribution in [0.1, 0.15) is 0 Å². The summed E-state index contributed by atoms with van der Waals surface area (Å²) in [4.78, 5) is 11.5. The molecular formula is C11H12ClN5O2S. The van der Waals surface area contributed by atoms with Crippen molar-refractivity contribution < 1.29 is 9.90 Å². The van der Waals surface area contributed by atoms with Gasteiger partial charge in [-0.15, -0.1) is 5.10 Å². The maximum absolute atomic E-state index is 11.5. The van der Waals surface area contributed by atoms with Gasteiger partial charge in [-0.05, 0) is 28.6 Å². The molecule has 20 heavy (non-hydrogen) atoms. The van der Waals surface area contributed by atoms with E-state index in [1.165, 1.54) is 16.4 Å². The summed E-state index contributed by atoms with van der Waals surface area (Å²) in [7, 11) is 0. The van der Waals surface area contributed by atoms with E-state index in [1.54, 1.807) is 18.2 Å². The van der Waals surface area contributed by atoms with Crippen molar-refractivity contribution in [2.24, 2.45) is 0 Å². The van der Waals surface area contributed by atoms with Crippen molar-refractivity contribution in [3.63, 3.8) is 0 Å². The van der Waals surface area contributed by atoms with Crippen LogP contribution in [0.2, 0.25) is 5.02 Å². The molecule has 0 saturated carbocycles. The monoisotopic (exact) mass is 313 g/mol. The number of hydrogen-bond donors (Lipinski definition) is 2. The third kappa shape index (κ3) is 3.92. The summed E-state index contributed by atoms with van der Waals surface area (Å²) in [6.07, 6.45) is 0. The molecule has 2 rings (SSSR count). The van der Waals surface area contributed by atoms with Gasteiger partial charge in [0.15, 0.2) is 0 Å². The van der Waals surface area contributed by atoms with Crippen LogP contribution in [0.15, 0.2) is 29.4 Å². The summed E-state index contributed by atoms with van der Waals surface area (Å²) in [5.74, 6) is -0.0225. The molecule has 1 aromatic carbocycles. The Morgan fingerprint density at radius 1 is 1.50 bits per heavy atom. The molecule has 2 N–H and O–H groups in total. The number of tetrazole rings is 1. The van der Waals surface area contributed by atoms with Crippen LogP contribution in [0.4, 0.5) is 0 Å². The van der Waals surface area contributed by atoms with Gasteiger partial charge in [-0.1, -0.05) is 29.4 Å². The lowest BCUT2D eigenvalue weighted by atomic mass is 10.3. The first-order chi connectivity index (χ1) is 9.70. The summed E-state index contributed by atoms with van der Waals surface area (Å²) in [6.45, 7) is 0.148. The van der Waals surface area contributed by atoms with Gasteiger partial charge in [0.05, 0.1) is 18.0 Å². The van der Waals surface area contributed by atoms with Gasteiger partial charge < -0.3 is 10.4 Å². The largest absolute Gasteiger partial charge is 0.395 e. The van der Waals surface area contributed by atoms with Crippen LogP contribution in [0.5, 0.6) is 0 Å². The Morgan fingerprint density at radius 2 is 2.35 bits per heavy atom. The molecule has 0 atom stereocenters. The number of aromatic nitrogens is 4. The fourth-order valence-corrected chi connectivity index (χ4v) is 2.32. The molecule has 0 aliphatic rings. The maximum Gasteiger partial charge on any atom is 0.230 e. The smallest absolute Gasteiger partial charge is 0.230 e. The highest BCUT2D eigenvalue weighted by molar-refractivity contribution is 7.99. The second-order valence-electron chi connectivity index (χ2n) is 3.72.